The average Bonchev–Trinajstić information content (AvgIpc) is 2.70. The molecule has 1 aromatic rings. The largest absolute Gasteiger partial charge is 0.342 e. The van der Waals surface area contributed by atoms with Crippen molar-refractivity contribution in [2.24, 2.45) is 5.92 Å². The third-order valence-electron chi connectivity index (χ3n) is 3.39. The van der Waals surface area contributed by atoms with Gasteiger partial charge >= 0.3 is 0 Å². The Morgan fingerprint density at radius 3 is 3.00 bits per heavy atom. The van der Waals surface area contributed by atoms with Crippen LogP contribution in [0.2, 0.25) is 0 Å². The highest BCUT2D eigenvalue weighted by atomic mass is 16.7. The van der Waals surface area contributed by atoms with Gasteiger partial charge in [0.1, 0.15) is 5.69 Å². The zero-order chi connectivity index (χ0) is 11.0. The molecule has 85 valence electrons. The molecular weight excluding hydrogens is 202 g/mol. The zero-order valence-corrected chi connectivity index (χ0v) is 9.32. The fraction of sp³-hybridized carbons (Fsp3) is 0.538. The summed E-state index contributed by atoms with van der Waals surface area (Å²) in [6, 6.07) is 4.10. The van der Waals surface area contributed by atoms with Crippen molar-refractivity contribution in [2.45, 2.75) is 25.0 Å². The van der Waals surface area contributed by atoms with E-state index in [1.54, 1.807) is 0 Å². The lowest BCUT2D eigenvalue weighted by molar-refractivity contribution is -0.178. The summed E-state index contributed by atoms with van der Waals surface area (Å²) < 4.78 is 11.7. The standard InChI is InChI=1S/C13H16NO2/c1-10-4-5-11-3-2-6-14-12(11)13(9-10)15-7-8-16-13/h2-3,6,10H,1,4-5,7-9H2/t10-/m1/s1. The third-order valence-corrected chi connectivity index (χ3v) is 3.39. The highest BCUT2D eigenvalue weighted by Crippen LogP contribution is 2.41. The van der Waals surface area contributed by atoms with Gasteiger partial charge in [-0.05, 0) is 37.3 Å². The number of ether oxygens (including phenoxy) is 2. The van der Waals surface area contributed by atoms with Crippen LogP contribution in [0.4, 0.5) is 0 Å². The van der Waals surface area contributed by atoms with Crippen molar-refractivity contribution in [3.8, 4) is 0 Å². The normalized spacial score (nSPS) is 27.7. The molecule has 2 heterocycles. The number of aromatic nitrogens is 1. The van der Waals surface area contributed by atoms with Crippen LogP contribution >= 0.6 is 0 Å². The molecule has 1 spiro atoms. The van der Waals surface area contributed by atoms with E-state index in [4.69, 9.17) is 9.47 Å². The number of aryl methyl sites for hydroxylation is 1. The molecule has 1 atom stereocenters. The first-order chi connectivity index (χ1) is 7.80. The number of rotatable bonds is 0. The third kappa shape index (κ3) is 1.55. The van der Waals surface area contributed by atoms with Crippen LogP contribution in [-0.4, -0.2) is 18.2 Å². The topological polar surface area (TPSA) is 31.4 Å². The van der Waals surface area contributed by atoms with E-state index in [2.05, 4.69) is 18.0 Å². The van der Waals surface area contributed by atoms with Crippen LogP contribution in [0.1, 0.15) is 24.1 Å². The van der Waals surface area contributed by atoms with Crippen molar-refractivity contribution in [3.63, 3.8) is 0 Å². The maximum Gasteiger partial charge on any atom is 0.212 e. The molecule has 1 saturated heterocycles. The van der Waals surface area contributed by atoms with Crippen molar-refractivity contribution in [1.82, 2.24) is 4.98 Å². The van der Waals surface area contributed by atoms with Gasteiger partial charge in [-0.3, -0.25) is 4.98 Å². The molecule has 1 aliphatic carbocycles. The van der Waals surface area contributed by atoms with Crippen molar-refractivity contribution >= 4 is 0 Å². The first kappa shape index (κ1) is 10.2. The Labute approximate surface area is 95.8 Å². The summed E-state index contributed by atoms with van der Waals surface area (Å²) in [5.74, 6) is -0.244. The number of hydrogen-bond donors (Lipinski definition) is 0. The molecule has 0 bridgehead atoms. The molecule has 0 N–H and O–H groups in total. The second-order valence-corrected chi connectivity index (χ2v) is 4.57. The van der Waals surface area contributed by atoms with Gasteiger partial charge in [-0.1, -0.05) is 6.07 Å². The zero-order valence-electron chi connectivity index (χ0n) is 9.32. The molecule has 0 unspecified atom stereocenters. The number of pyridine rings is 1. The van der Waals surface area contributed by atoms with Crippen LogP contribution in [0, 0.1) is 12.8 Å². The minimum absolute atomic E-state index is 0.368. The first-order valence-electron chi connectivity index (χ1n) is 5.85. The fourth-order valence-electron chi connectivity index (χ4n) is 2.63. The summed E-state index contributed by atoms with van der Waals surface area (Å²) in [6.45, 7) is 5.48. The molecule has 3 rings (SSSR count). The van der Waals surface area contributed by atoms with Crippen LogP contribution in [0.5, 0.6) is 0 Å². The van der Waals surface area contributed by atoms with Gasteiger partial charge < -0.3 is 9.47 Å². The van der Waals surface area contributed by atoms with Gasteiger partial charge in [0, 0.05) is 12.6 Å². The van der Waals surface area contributed by atoms with E-state index < -0.39 is 5.79 Å². The predicted molar refractivity (Wildman–Crippen MR) is 59.6 cm³/mol. The second-order valence-electron chi connectivity index (χ2n) is 4.57. The molecule has 1 fully saturated rings. The Morgan fingerprint density at radius 1 is 1.38 bits per heavy atom. The molecule has 0 amide bonds. The van der Waals surface area contributed by atoms with Crippen LogP contribution in [-0.2, 0) is 21.7 Å². The van der Waals surface area contributed by atoms with Gasteiger partial charge in [0.2, 0.25) is 5.79 Å². The van der Waals surface area contributed by atoms with Crippen LogP contribution in [0.25, 0.3) is 0 Å². The molecule has 0 saturated carbocycles. The molecule has 1 radical (unpaired) electrons. The van der Waals surface area contributed by atoms with Crippen LogP contribution in [0.15, 0.2) is 18.3 Å². The minimum Gasteiger partial charge on any atom is -0.342 e. The SMILES string of the molecule is [CH2][C@@H]1CCc2cccnc2C2(C1)OCCO2. The van der Waals surface area contributed by atoms with E-state index in [1.807, 2.05) is 12.3 Å². The van der Waals surface area contributed by atoms with E-state index >= 15 is 0 Å². The van der Waals surface area contributed by atoms with Crippen molar-refractivity contribution in [1.29, 1.82) is 0 Å². The summed E-state index contributed by atoms with van der Waals surface area (Å²) >= 11 is 0. The molecule has 1 aliphatic heterocycles. The molecule has 1 aromatic heterocycles. The summed E-state index contributed by atoms with van der Waals surface area (Å²) in [5.41, 5.74) is 2.22. The monoisotopic (exact) mass is 218 g/mol. The molecule has 3 heteroatoms. The highest BCUT2D eigenvalue weighted by Gasteiger charge is 2.43. The van der Waals surface area contributed by atoms with Gasteiger partial charge in [0.05, 0.1) is 13.2 Å². The Morgan fingerprint density at radius 2 is 2.19 bits per heavy atom. The summed E-state index contributed by atoms with van der Waals surface area (Å²) in [6.07, 6.45) is 4.73. The first-order valence-corrected chi connectivity index (χ1v) is 5.85. The van der Waals surface area contributed by atoms with E-state index in [1.165, 1.54) is 5.56 Å². The molecular formula is C13H16NO2. The van der Waals surface area contributed by atoms with Gasteiger partial charge in [0.25, 0.3) is 0 Å². The second kappa shape index (κ2) is 3.82. The van der Waals surface area contributed by atoms with E-state index in [0.29, 0.717) is 19.1 Å². The predicted octanol–water partition coefficient (Wildman–Crippen LogP) is 2.07. The average molecular weight is 218 g/mol. The molecule has 3 nitrogen and oxygen atoms in total. The van der Waals surface area contributed by atoms with Crippen molar-refractivity contribution in [3.05, 3.63) is 36.5 Å². The Hall–Kier alpha value is -0.930. The van der Waals surface area contributed by atoms with Crippen molar-refractivity contribution in [2.75, 3.05) is 13.2 Å². The Kier molecular flexibility index (Phi) is 2.45. The minimum atomic E-state index is -0.612. The van der Waals surface area contributed by atoms with Gasteiger partial charge in [-0.15, -0.1) is 0 Å². The Balaban J connectivity index is 2.08. The number of nitrogens with zero attached hydrogens (tertiary/aromatic N) is 1. The number of fused-ring (bicyclic) bond motifs is 2. The Bertz CT molecular complexity index is 385. The quantitative estimate of drug-likeness (QED) is 0.668. The number of hydrogen-bond acceptors (Lipinski definition) is 3. The maximum absolute atomic E-state index is 5.83. The van der Waals surface area contributed by atoms with E-state index in [0.717, 1.165) is 25.0 Å². The summed E-state index contributed by atoms with van der Waals surface area (Å²) in [7, 11) is 0. The lowest BCUT2D eigenvalue weighted by Crippen LogP contribution is -2.30. The maximum atomic E-state index is 5.83. The lowest BCUT2D eigenvalue weighted by Gasteiger charge is -2.28. The van der Waals surface area contributed by atoms with Gasteiger partial charge in [-0.2, -0.15) is 0 Å². The summed E-state index contributed by atoms with van der Waals surface area (Å²) in [5, 5.41) is 0. The smallest absolute Gasteiger partial charge is 0.212 e. The fourth-order valence-corrected chi connectivity index (χ4v) is 2.63. The highest BCUT2D eigenvalue weighted by molar-refractivity contribution is 5.26. The van der Waals surface area contributed by atoms with Crippen molar-refractivity contribution < 1.29 is 9.47 Å². The van der Waals surface area contributed by atoms with E-state index in [-0.39, 0.29) is 0 Å². The van der Waals surface area contributed by atoms with Gasteiger partial charge in [-0.25, -0.2) is 0 Å². The van der Waals surface area contributed by atoms with Crippen LogP contribution < -0.4 is 0 Å². The van der Waals surface area contributed by atoms with E-state index in [9.17, 15) is 0 Å². The summed E-state index contributed by atoms with van der Waals surface area (Å²) in [4.78, 5) is 4.47. The van der Waals surface area contributed by atoms with Crippen LogP contribution in [0.3, 0.4) is 0 Å². The molecule has 16 heavy (non-hydrogen) atoms. The lowest BCUT2D eigenvalue weighted by atomic mass is 9.99. The molecule has 0 aromatic carbocycles. The molecule has 2 aliphatic rings. The van der Waals surface area contributed by atoms with Gasteiger partial charge in [0.15, 0.2) is 0 Å².